The van der Waals surface area contributed by atoms with E-state index in [1.807, 2.05) is 6.92 Å². The van der Waals surface area contributed by atoms with Crippen LogP contribution in [0.4, 0.5) is 13.8 Å². The summed E-state index contributed by atoms with van der Waals surface area (Å²) < 4.78 is 29.0. The first-order valence-corrected chi connectivity index (χ1v) is 9.04. The number of hydrogen-bond donors (Lipinski definition) is 2. The summed E-state index contributed by atoms with van der Waals surface area (Å²) in [5.74, 6) is -1.59. The van der Waals surface area contributed by atoms with E-state index in [4.69, 9.17) is 0 Å². The van der Waals surface area contributed by atoms with Crippen LogP contribution >= 0.6 is 11.3 Å². The maximum atomic E-state index is 14.4. The number of anilines is 1. The zero-order chi connectivity index (χ0) is 19.4. The summed E-state index contributed by atoms with van der Waals surface area (Å²) in [4.78, 5) is 4.84. The van der Waals surface area contributed by atoms with Gasteiger partial charge in [0.2, 0.25) is 0 Å². The van der Waals surface area contributed by atoms with Gasteiger partial charge in [-0.2, -0.15) is 10.4 Å². The molecule has 6 nitrogen and oxygen atoms in total. The molecule has 140 valence electrons. The number of nitriles is 1. The highest BCUT2D eigenvalue weighted by atomic mass is 32.1. The first kappa shape index (κ1) is 18.9. The van der Waals surface area contributed by atoms with Crippen molar-refractivity contribution in [3.05, 3.63) is 64.6 Å². The number of aromatic nitrogens is 3. The van der Waals surface area contributed by atoms with E-state index in [9.17, 15) is 19.1 Å². The number of halogens is 2. The van der Waals surface area contributed by atoms with Crippen LogP contribution in [0.15, 0.2) is 36.9 Å². The number of aliphatic hydroxyl groups is 1. The summed E-state index contributed by atoms with van der Waals surface area (Å²) in [6, 6.07) is 6.91. The fourth-order valence-corrected chi connectivity index (χ4v) is 3.68. The highest BCUT2D eigenvalue weighted by molar-refractivity contribution is 7.16. The van der Waals surface area contributed by atoms with E-state index in [1.54, 1.807) is 6.07 Å². The molecule has 9 heteroatoms. The molecule has 1 aromatic carbocycles. The van der Waals surface area contributed by atoms with Crippen LogP contribution in [0.3, 0.4) is 0 Å². The Bertz CT molecular complexity index is 967. The van der Waals surface area contributed by atoms with E-state index in [0.717, 1.165) is 23.4 Å². The van der Waals surface area contributed by atoms with Gasteiger partial charge in [-0.05, 0) is 18.6 Å². The second-order valence-corrected chi connectivity index (χ2v) is 7.16. The van der Waals surface area contributed by atoms with E-state index in [1.165, 1.54) is 34.7 Å². The van der Waals surface area contributed by atoms with Gasteiger partial charge in [0.1, 0.15) is 41.0 Å². The third kappa shape index (κ3) is 4.13. The Morgan fingerprint density at radius 3 is 2.81 bits per heavy atom. The van der Waals surface area contributed by atoms with Crippen molar-refractivity contribution in [1.82, 2.24) is 14.8 Å². The molecule has 0 radical (unpaired) electrons. The fraction of sp³-hybridized carbons (Fsp3) is 0.278. The average molecular weight is 389 g/mol. The Labute approximate surface area is 158 Å². The maximum absolute atomic E-state index is 14.4. The molecule has 0 spiro atoms. The topological polar surface area (TPSA) is 86.8 Å². The van der Waals surface area contributed by atoms with E-state index < -0.39 is 17.2 Å². The lowest BCUT2D eigenvalue weighted by molar-refractivity contribution is 0.0248. The second-order valence-electron chi connectivity index (χ2n) is 6.02. The van der Waals surface area contributed by atoms with Crippen LogP contribution in [0.1, 0.15) is 22.9 Å². The number of nitrogens with zero attached hydrogens (tertiary/aromatic N) is 4. The lowest BCUT2D eigenvalue weighted by atomic mass is 9.93. The highest BCUT2D eigenvalue weighted by Gasteiger charge is 2.34. The number of nitrogens with one attached hydrogen (secondary N) is 1. The molecule has 1 atom stereocenters. The summed E-state index contributed by atoms with van der Waals surface area (Å²) >= 11 is 1.40. The minimum atomic E-state index is -1.74. The van der Waals surface area contributed by atoms with Gasteiger partial charge in [0.25, 0.3) is 0 Å². The molecule has 0 fully saturated rings. The normalized spacial score (nSPS) is 13.1. The fourth-order valence-electron chi connectivity index (χ4n) is 2.74. The van der Waals surface area contributed by atoms with Gasteiger partial charge >= 0.3 is 0 Å². The summed E-state index contributed by atoms with van der Waals surface area (Å²) in [7, 11) is 0. The van der Waals surface area contributed by atoms with E-state index >= 15 is 0 Å². The molecule has 27 heavy (non-hydrogen) atoms. The molecule has 0 saturated heterocycles. The molecule has 0 amide bonds. The zero-order valence-corrected chi connectivity index (χ0v) is 15.3. The van der Waals surface area contributed by atoms with Crippen molar-refractivity contribution < 1.29 is 13.9 Å². The number of benzene rings is 1. The molecule has 0 bridgehead atoms. The van der Waals surface area contributed by atoms with E-state index in [-0.39, 0.29) is 18.7 Å². The van der Waals surface area contributed by atoms with Crippen LogP contribution < -0.4 is 5.32 Å². The van der Waals surface area contributed by atoms with Gasteiger partial charge in [0.05, 0.1) is 18.7 Å². The molecule has 0 aliphatic heterocycles. The van der Waals surface area contributed by atoms with Crippen molar-refractivity contribution in [2.45, 2.75) is 25.5 Å². The van der Waals surface area contributed by atoms with Crippen LogP contribution in [0.25, 0.3) is 0 Å². The number of thiophene rings is 1. The van der Waals surface area contributed by atoms with Gasteiger partial charge in [-0.3, -0.25) is 0 Å². The number of hydrogen-bond acceptors (Lipinski definition) is 6. The van der Waals surface area contributed by atoms with Gasteiger partial charge in [-0.1, -0.05) is 13.0 Å². The Hall–Kier alpha value is -2.83. The summed E-state index contributed by atoms with van der Waals surface area (Å²) in [6.45, 7) is 1.77. The monoisotopic (exact) mass is 389 g/mol. The molecular formula is C18H17F2N5OS. The molecule has 2 heterocycles. The summed E-state index contributed by atoms with van der Waals surface area (Å²) in [6.07, 6.45) is 3.47. The largest absolute Gasteiger partial charge is 0.381 e. The lowest BCUT2D eigenvalue weighted by Gasteiger charge is -2.29. The van der Waals surface area contributed by atoms with Gasteiger partial charge in [-0.25, -0.2) is 18.4 Å². The molecule has 2 N–H and O–H groups in total. The number of rotatable bonds is 7. The van der Waals surface area contributed by atoms with Crippen LogP contribution in [0, 0.1) is 23.0 Å². The predicted molar refractivity (Wildman–Crippen MR) is 97.2 cm³/mol. The van der Waals surface area contributed by atoms with Crippen LogP contribution in [0.5, 0.6) is 0 Å². The van der Waals surface area contributed by atoms with E-state index in [0.29, 0.717) is 10.6 Å². The molecule has 0 aliphatic carbocycles. The van der Waals surface area contributed by atoms with Gasteiger partial charge in [-0.15, -0.1) is 11.3 Å². The SMILES string of the molecule is CCc1cc(C#N)c(NCC(O)(Cn2cncn2)c2ccc(F)cc2F)s1. The second kappa shape index (κ2) is 7.82. The smallest absolute Gasteiger partial charge is 0.137 e. The molecule has 1 unspecified atom stereocenters. The number of aryl methyl sites for hydroxylation is 1. The third-order valence-electron chi connectivity index (χ3n) is 4.12. The standard InChI is InChI=1S/C18H17F2N5OS/c1-2-14-5-12(7-21)17(27-14)23-8-18(26,9-25-11-22-10-24-25)15-4-3-13(19)6-16(15)20/h3-6,10-11,23,26H,2,8-9H2,1H3. The van der Waals surface area contributed by atoms with E-state index in [2.05, 4.69) is 21.5 Å². The Balaban J connectivity index is 1.93. The van der Waals surface area contributed by atoms with Crippen molar-refractivity contribution in [3.63, 3.8) is 0 Å². The average Bonchev–Trinajstić information content (AvgIpc) is 3.28. The van der Waals surface area contributed by atoms with Gasteiger partial charge < -0.3 is 10.4 Å². The Kier molecular flexibility index (Phi) is 5.48. The lowest BCUT2D eigenvalue weighted by Crippen LogP contribution is -2.39. The third-order valence-corrected chi connectivity index (χ3v) is 5.35. The Morgan fingerprint density at radius 1 is 1.37 bits per heavy atom. The predicted octanol–water partition coefficient (Wildman–Crippen LogP) is 3.05. The molecule has 2 aromatic heterocycles. The molecule has 3 aromatic rings. The van der Waals surface area contributed by atoms with Crippen LogP contribution in [0.2, 0.25) is 0 Å². The first-order chi connectivity index (χ1) is 12.9. The maximum Gasteiger partial charge on any atom is 0.137 e. The van der Waals surface area contributed by atoms with Crippen molar-refractivity contribution in [3.8, 4) is 6.07 Å². The summed E-state index contributed by atoms with van der Waals surface area (Å²) in [5.41, 5.74) is -1.36. The van der Waals surface area contributed by atoms with Gasteiger partial charge in [0, 0.05) is 16.5 Å². The van der Waals surface area contributed by atoms with Crippen molar-refractivity contribution >= 4 is 16.3 Å². The molecular weight excluding hydrogens is 372 g/mol. The highest BCUT2D eigenvalue weighted by Crippen LogP contribution is 2.31. The Morgan fingerprint density at radius 2 is 2.19 bits per heavy atom. The molecule has 0 aliphatic rings. The molecule has 0 saturated carbocycles. The zero-order valence-electron chi connectivity index (χ0n) is 14.5. The first-order valence-electron chi connectivity index (χ1n) is 8.22. The van der Waals surface area contributed by atoms with Crippen LogP contribution in [-0.4, -0.2) is 26.4 Å². The quantitative estimate of drug-likeness (QED) is 0.649. The van der Waals surface area contributed by atoms with Crippen LogP contribution in [-0.2, 0) is 18.6 Å². The van der Waals surface area contributed by atoms with Crippen molar-refractivity contribution in [2.24, 2.45) is 0 Å². The minimum absolute atomic E-state index is 0.0716. The summed E-state index contributed by atoms with van der Waals surface area (Å²) in [5, 5.41) is 28.1. The van der Waals surface area contributed by atoms with Crippen molar-refractivity contribution in [2.75, 3.05) is 11.9 Å². The van der Waals surface area contributed by atoms with Crippen molar-refractivity contribution in [1.29, 1.82) is 5.26 Å². The minimum Gasteiger partial charge on any atom is -0.381 e. The van der Waals surface area contributed by atoms with Gasteiger partial charge in [0.15, 0.2) is 0 Å². The molecule has 3 rings (SSSR count).